The van der Waals surface area contributed by atoms with E-state index in [1.165, 1.54) is 21.4 Å². The number of fused-ring (bicyclic) bond motifs is 1. The van der Waals surface area contributed by atoms with E-state index in [-0.39, 0.29) is 11.0 Å². The smallest absolute Gasteiger partial charge is 0.291 e. The third kappa shape index (κ3) is 4.80. The number of hydrogen-bond acceptors (Lipinski definition) is 6. The molecule has 9 heteroatoms. The van der Waals surface area contributed by atoms with E-state index < -0.39 is 0 Å². The summed E-state index contributed by atoms with van der Waals surface area (Å²) in [6.45, 7) is 6.52. The molecule has 0 aliphatic heterocycles. The van der Waals surface area contributed by atoms with Crippen LogP contribution in [0.15, 0.2) is 83.8 Å². The van der Waals surface area contributed by atoms with Gasteiger partial charge in [-0.3, -0.25) is 4.79 Å². The number of hydrogen-bond donors (Lipinski definition) is 0. The monoisotopic (exact) mass is 567 g/mol. The van der Waals surface area contributed by atoms with Crippen molar-refractivity contribution in [3.63, 3.8) is 0 Å². The molecule has 0 amide bonds. The van der Waals surface area contributed by atoms with Gasteiger partial charge in [0, 0.05) is 22.9 Å². The Kier molecular flexibility index (Phi) is 6.52. The van der Waals surface area contributed by atoms with Gasteiger partial charge in [-0.15, -0.1) is 5.10 Å². The molecule has 3 aromatic carbocycles. The predicted molar refractivity (Wildman–Crippen MR) is 161 cm³/mol. The maximum Gasteiger partial charge on any atom is 0.291 e. The molecule has 0 saturated heterocycles. The third-order valence-electron chi connectivity index (χ3n) is 6.67. The number of halogens is 1. The van der Waals surface area contributed by atoms with Crippen LogP contribution in [-0.4, -0.2) is 31.5 Å². The summed E-state index contributed by atoms with van der Waals surface area (Å²) in [5.74, 6) is 1.11. The van der Waals surface area contributed by atoms with Crippen LogP contribution in [0.4, 0.5) is 0 Å². The number of ether oxygens (including phenoxy) is 1. The zero-order valence-electron chi connectivity index (χ0n) is 22.4. The largest absolute Gasteiger partial charge is 0.495 e. The van der Waals surface area contributed by atoms with Crippen molar-refractivity contribution in [2.45, 2.75) is 26.2 Å². The van der Waals surface area contributed by atoms with Crippen LogP contribution in [0.25, 0.3) is 39.4 Å². The number of methoxy groups -OCH3 is 1. The van der Waals surface area contributed by atoms with Gasteiger partial charge in [-0.2, -0.15) is 14.6 Å². The van der Waals surface area contributed by atoms with E-state index in [1.807, 2.05) is 66.9 Å². The van der Waals surface area contributed by atoms with Crippen molar-refractivity contribution >= 4 is 34.0 Å². The number of thiazole rings is 1. The molecule has 0 saturated carbocycles. The second-order valence-corrected chi connectivity index (χ2v) is 11.9. The molecule has 0 radical (unpaired) electrons. The average molecular weight is 568 g/mol. The lowest BCUT2D eigenvalue weighted by Crippen LogP contribution is -2.23. The summed E-state index contributed by atoms with van der Waals surface area (Å²) >= 11 is 7.74. The van der Waals surface area contributed by atoms with Gasteiger partial charge in [-0.1, -0.05) is 86.2 Å². The highest BCUT2D eigenvalue weighted by atomic mass is 35.5. The minimum absolute atomic E-state index is 0.0533. The lowest BCUT2D eigenvalue weighted by atomic mass is 9.87. The fourth-order valence-corrected chi connectivity index (χ4v) is 5.62. The van der Waals surface area contributed by atoms with Crippen molar-refractivity contribution in [1.29, 1.82) is 0 Å². The van der Waals surface area contributed by atoms with Gasteiger partial charge in [0.05, 0.1) is 22.4 Å². The molecule has 200 valence electrons. The first kappa shape index (κ1) is 26.0. The zero-order chi connectivity index (χ0) is 28.0. The van der Waals surface area contributed by atoms with Gasteiger partial charge in [0.25, 0.3) is 5.56 Å². The second kappa shape index (κ2) is 10.0. The molecule has 0 spiro atoms. The number of nitrogens with zero attached hydrogens (tertiary/aromatic N) is 5. The molecule has 7 nitrogen and oxygen atoms in total. The van der Waals surface area contributed by atoms with Crippen molar-refractivity contribution in [2.75, 3.05) is 7.11 Å². The Hall–Kier alpha value is -4.27. The van der Waals surface area contributed by atoms with Gasteiger partial charge in [0.15, 0.2) is 5.82 Å². The molecular weight excluding hydrogens is 542 g/mol. The molecule has 0 N–H and O–H groups in total. The number of aromatic nitrogens is 5. The molecule has 3 aromatic heterocycles. The van der Waals surface area contributed by atoms with Crippen LogP contribution in [0.5, 0.6) is 5.75 Å². The Morgan fingerprint density at radius 1 is 0.950 bits per heavy atom. The van der Waals surface area contributed by atoms with Crippen molar-refractivity contribution < 1.29 is 4.74 Å². The van der Waals surface area contributed by atoms with Gasteiger partial charge in [0.1, 0.15) is 11.4 Å². The molecular formula is C31H26ClN5O2S. The Bertz CT molecular complexity index is 1950. The van der Waals surface area contributed by atoms with Crippen LogP contribution in [0, 0.1) is 0 Å². The lowest BCUT2D eigenvalue weighted by Gasteiger charge is -2.18. The summed E-state index contributed by atoms with van der Waals surface area (Å²) in [7, 11) is 1.58. The summed E-state index contributed by atoms with van der Waals surface area (Å²) < 4.78 is 8.99. The molecule has 6 aromatic rings. The molecule has 40 heavy (non-hydrogen) atoms. The van der Waals surface area contributed by atoms with E-state index in [0.29, 0.717) is 31.8 Å². The highest BCUT2D eigenvalue weighted by Crippen LogP contribution is 2.32. The number of benzene rings is 3. The van der Waals surface area contributed by atoms with Gasteiger partial charge in [-0.05, 0) is 47.4 Å². The summed E-state index contributed by atoms with van der Waals surface area (Å²) in [5, 5.41) is 9.85. The van der Waals surface area contributed by atoms with Crippen LogP contribution >= 0.6 is 22.9 Å². The summed E-state index contributed by atoms with van der Waals surface area (Å²) in [6, 6.07) is 23.5. The van der Waals surface area contributed by atoms with Gasteiger partial charge in [-0.25, -0.2) is 4.68 Å². The van der Waals surface area contributed by atoms with E-state index in [4.69, 9.17) is 21.4 Å². The summed E-state index contributed by atoms with van der Waals surface area (Å²) in [4.78, 5) is 18.6. The molecule has 0 atom stereocenters. The first-order chi connectivity index (χ1) is 19.2. The molecule has 0 bridgehead atoms. The van der Waals surface area contributed by atoms with E-state index in [9.17, 15) is 4.79 Å². The summed E-state index contributed by atoms with van der Waals surface area (Å²) in [6.07, 6.45) is 3.74. The second-order valence-electron chi connectivity index (χ2n) is 10.4. The molecule has 0 aliphatic carbocycles. The fraction of sp³-hybridized carbons (Fsp3) is 0.161. The predicted octanol–water partition coefficient (Wildman–Crippen LogP) is 6.18. The topological polar surface area (TPSA) is 74.3 Å². The number of para-hydroxylation sites is 1. The average Bonchev–Trinajstić information content (AvgIpc) is 3.64. The van der Waals surface area contributed by atoms with Crippen LogP contribution in [0.2, 0.25) is 5.02 Å². The Balaban J connectivity index is 1.44. The maximum absolute atomic E-state index is 13.4. The summed E-state index contributed by atoms with van der Waals surface area (Å²) in [5.41, 5.74) is 5.08. The van der Waals surface area contributed by atoms with Crippen molar-refractivity contribution in [2.24, 2.45) is 0 Å². The molecule has 0 aliphatic rings. The van der Waals surface area contributed by atoms with Gasteiger partial charge < -0.3 is 4.74 Å². The molecule has 6 rings (SSSR count). The molecule has 0 fully saturated rings. The van der Waals surface area contributed by atoms with E-state index in [2.05, 4.69) is 43.0 Å². The first-order valence-corrected chi connectivity index (χ1v) is 13.9. The fourth-order valence-electron chi connectivity index (χ4n) is 4.46. The van der Waals surface area contributed by atoms with Crippen LogP contribution in [0.1, 0.15) is 31.9 Å². The van der Waals surface area contributed by atoms with Crippen molar-refractivity contribution in [1.82, 2.24) is 24.4 Å². The van der Waals surface area contributed by atoms with E-state index in [0.717, 1.165) is 22.4 Å². The van der Waals surface area contributed by atoms with Gasteiger partial charge in [0.2, 0.25) is 4.96 Å². The third-order valence-corrected chi connectivity index (χ3v) is 7.92. The highest BCUT2D eigenvalue weighted by Gasteiger charge is 2.17. The minimum Gasteiger partial charge on any atom is -0.495 e. The Morgan fingerprint density at radius 3 is 2.33 bits per heavy atom. The maximum atomic E-state index is 13.4. The van der Waals surface area contributed by atoms with Gasteiger partial charge >= 0.3 is 0 Å². The lowest BCUT2D eigenvalue weighted by molar-refractivity contribution is 0.415. The first-order valence-electron chi connectivity index (χ1n) is 12.7. The quantitative estimate of drug-likeness (QED) is 0.249. The van der Waals surface area contributed by atoms with Crippen LogP contribution < -0.4 is 14.8 Å². The minimum atomic E-state index is -0.226. The van der Waals surface area contributed by atoms with E-state index >= 15 is 0 Å². The van der Waals surface area contributed by atoms with Crippen LogP contribution in [0.3, 0.4) is 0 Å². The van der Waals surface area contributed by atoms with E-state index in [1.54, 1.807) is 17.9 Å². The molecule has 0 unspecified atom stereocenters. The normalized spacial score (nSPS) is 12.4. The van der Waals surface area contributed by atoms with Crippen molar-refractivity contribution in [3.05, 3.63) is 110 Å². The highest BCUT2D eigenvalue weighted by molar-refractivity contribution is 7.15. The SMILES string of the molecule is COc1ccc(-c2nn(-c3ccccc3)cc2/C=c2\sc3nc(-c4ccc(C(C)(C)C)cc4)nn3c2=O)cc1Cl. The number of rotatable bonds is 5. The van der Waals surface area contributed by atoms with Crippen molar-refractivity contribution in [3.8, 4) is 34.1 Å². The Labute approximate surface area is 240 Å². The molecule has 3 heterocycles. The zero-order valence-corrected chi connectivity index (χ0v) is 24.0. The van der Waals surface area contributed by atoms with Crippen LogP contribution in [-0.2, 0) is 5.41 Å². The Morgan fingerprint density at radius 2 is 1.68 bits per heavy atom. The standard InChI is InChI=1S/C31H26ClN5O2S/c1-31(2,3)22-13-10-19(11-14-22)28-33-30-37(35-28)29(38)26(40-30)17-21-18-36(23-8-6-5-7-9-23)34-27(21)20-12-15-25(39-4)24(32)16-20/h5-18H,1-4H3/b26-17-.